The van der Waals surface area contributed by atoms with Crippen LogP contribution in [0.2, 0.25) is 0 Å². The van der Waals surface area contributed by atoms with Gasteiger partial charge in [-0.15, -0.1) is 0 Å². The number of aromatic nitrogens is 2. The number of ether oxygens (including phenoxy) is 2. The van der Waals surface area contributed by atoms with Crippen molar-refractivity contribution in [3.05, 3.63) is 63.2 Å². The van der Waals surface area contributed by atoms with Crippen molar-refractivity contribution in [2.75, 3.05) is 12.8 Å². The number of alkyl halides is 1. The molecule has 1 unspecified atom stereocenters. The smallest absolute Gasteiger partial charge is 0.380 e. The maximum absolute atomic E-state index is 14.2. The molecular weight excluding hydrogens is 543 g/mol. The number of rotatable bonds is 11. The monoisotopic (exact) mass is 575 g/mol. The van der Waals surface area contributed by atoms with Gasteiger partial charge < -0.3 is 24.8 Å². The van der Waals surface area contributed by atoms with Crippen LogP contribution in [0, 0.1) is 11.7 Å². The highest BCUT2D eigenvalue weighted by Gasteiger charge is 2.58. The summed E-state index contributed by atoms with van der Waals surface area (Å²) in [6.45, 7) is 4.70. The summed E-state index contributed by atoms with van der Waals surface area (Å²) in [7, 11) is -4.20. The lowest BCUT2D eigenvalue weighted by atomic mass is 9.91. The predicted octanol–water partition coefficient (Wildman–Crippen LogP) is 1.87. The van der Waals surface area contributed by atoms with Crippen LogP contribution in [0.25, 0.3) is 0 Å². The van der Waals surface area contributed by atoms with Crippen molar-refractivity contribution in [3.63, 3.8) is 0 Å². The molecule has 0 radical (unpaired) electrons. The number of aliphatic hydroxyl groups excluding tert-OH is 1. The normalized spacial score (nSPS) is 26.1. The molecule has 4 N–H and O–H groups in total. The second kappa shape index (κ2) is 12.1. The van der Waals surface area contributed by atoms with E-state index in [1.165, 1.54) is 26.0 Å². The Morgan fingerprint density at radius 3 is 2.49 bits per heavy atom. The zero-order chi connectivity index (χ0) is 29.1. The first-order valence-corrected chi connectivity index (χ1v) is 13.9. The third-order valence-electron chi connectivity index (χ3n) is 6.04. The van der Waals surface area contributed by atoms with Crippen LogP contribution in [-0.2, 0) is 23.4 Å². The summed E-state index contributed by atoms with van der Waals surface area (Å²) >= 11 is 0. The van der Waals surface area contributed by atoms with Gasteiger partial charge in [0.05, 0.1) is 30.5 Å². The molecule has 2 aromatic rings. The second-order valence-corrected chi connectivity index (χ2v) is 11.7. The number of carbonyl (C=O) groups is 1. The minimum Gasteiger partial charge on any atom is -0.463 e. The summed E-state index contributed by atoms with van der Waals surface area (Å²) in [5.41, 5.74) is 1.32. The molecule has 3 rings (SSSR count). The van der Waals surface area contributed by atoms with E-state index in [-0.39, 0.29) is 5.75 Å². The van der Waals surface area contributed by atoms with Gasteiger partial charge in [-0.2, -0.15) is 4.39 Å². The molecule has 0 aliphatic carbocycles. The molecule has 1 saturated heterocycles. The highest BCUT2D eigenvalue weighted by Crippen LogP contribution is 2.52. The van der Waals surface area contributed by atoms with Crippen molar-refractivity contribution in [2.45, 2.75) is 63.9 Å². The van der Waals surface area contributed by atoms with Gasteiger partial charge in [0.25, 0.3) is 5.56 Å². The summed E-state index contributed by atoms with van der Waals surface area (Å²) in [5.74, 6) is -2.79. The Bertz CT molecular complexity index is 1320. The fourth-order valence-electron chi connectivity index (χ4n) is 4.09. The van der Waals surface area contributed by atoms with Crippen LogP contribution < -0.4 is 21.5 Å². The minimum atomic E-state index is -4.20. The highest BCUT2D eigenvalue weighted by molar-refractivity contribution is 7.54. The molecule has 0 saturated carbocycles. The molecule has 216 valence electrons. The summed E-state index contributed by atoms with van der Waals surface area (Å²) in [6.07, 6.45) is -6.80. The number of nitrogens with one attached hydrogen (secondary N) is 1. The first-order chi connectivity index (χ1) is 18.2. The molecule has 15 heteroatoms. The average molecular weight is 576 g/mol. The number of aliphatic hydroxyl groups is 1. The van der Waals surface area contributed by atoms with Crippen molar-refractivity contribution in [1.82, 2.24) is 9.55 Å². The van der Waals surface area contributed by atoms with E-state index in [0.29, 0.717) is 10.8 Å². The average Bonchev–Trinajstić information content (AvgIpc) is 3.12. The molecule has 0 spiro atoms. The van der Waals surface area contributed by atoms with E-state index >= 15 is 0 Å². The van der Waals surface area contributed by atoms with Crippen LogP contribution in [0.4, 0.5) is 8.78 Å². The quantitative estimate of drug-likeness (QED) is 0.265. The van der Waals surface area contributed by atoms with Gasteiger partial charge in [0, 0.05) is 0 Å². The van der Waals surface area contributed by atoms with Crippen LogP contribution in [0.5, 0.6) is 5.75 Å². The molecule has 1 aliphatic rings. The van der Waals surface area contributed by atoms with E-state index in [4.69, 9.17) is 24.3 Å². The van der Waals surface area contributed by atoms with Gasteiger partial charge in [-0.1, -0.05) is 25.1 Å². The lowest BCUT2D eigenvalue weighted by molar-refractivity contribution is -0.151. The lowest BCUT2D eigenvalue weighted by Crippen LogP contribution is -2.58. The van der Waals surface area contributed by atoms with E-state index < -0.39 is 85.6 Å². The molecule has 0 amide bonds. The number of halogens is 2. The largest absolute Gasteiger partial charge is 0.463 e. The fourth-order valence-corrected chi connectivity index (χ4v) is 6.18. The summed E-state index contributed by atoms with van der Waals surface area (Å²) < 4.78 is 64.9. The molecule has 2 heterocycles. The Morgan fingerprint density at radius 2 is 1.90 bits per heavy atom. The molecule has 1 aromatic heterocycles. The van der Waals surface area contributed by atoms with Gasteiger partial charge >= 0.3 is 19.3 Å². The zero-order valence-corrected chi connectivity index (χ0v) is 22.7. The number of carbonyl (C=O) groups excluding carboxylic acids is 1. The van der Waals surface area contributed by atoms with Crippen LogP contribution in [0.1, 0.15) is 33.9 Å². The number of H-pyrrole nitrogens is 1. The van der Waals surface area contributed by atoms with E-state index in [9.17, 15) is 32.8 Å². The number of para-hydroxylation sites is 1. The van der Waals surface area contributed by atoms with Gasteiger partial charge in [-0.25, -0.2) is 13.8 Å². The number of hydrogen-bond acceptors (Lipinski definition) is 10. The Kier molecular flexibility index (Phi) is 9.50. The van der Waals surface area contributed by atoms with Crippen molar-refractivity contribution < 1.29 is 41.8 Å². The Balaban J connectivity index is 1.91. The second-order valence-electron chi connectivity index (χ2n) is 9.68. The van der Waals surface area contributed by atoms with Gasteiger partial charge in [0.1, 0.15) is 30.2 Å². The van der Waals surface area contributed by atoms with E-state index in [1.807, 2.05) is 0 Å². The third kappa shape index (κ3) is 6.82. The topological polar surface area (TPSA) is 172 Å². The van der Waals surface area contributed by atoms with Crippen molar-refractivity contribution in [2.24, 2.45) is 11.7 Å². The van der Waals surface area contributed by atoms with Gasteiger partial charge in [-0.3, -0.25) is 23.7 Å². The number of nitrogens with two attached hydrogens (primary N) is 1. The third-order valence-corrected chi connectivity index (χ3v) is 8.18. The molecule has 1 aliphatic heterocycles. The van der Waals surface area contributed by atoms with Gasteiger partial charge in [0.2, 0.25) is 5.82 Å². The minimum absolute atomic E-state index is 0.162. The van der Waals surface area contributed by atoms with Crippen molar-refractivity contribution in [3.8, 4) is 5.75 Å². The molecular formula is C24H32F2N3O9P. The van der Waals surface area contributed by atoms with E-state index in [2.05, 4.69) is 0 Å². The van der Waals surface area contributed by atoms with Crippen LogP contribution in [-0.4, -0.2) is 63.4 Å². The fraction of sp³-hybridized carbons (Fsp3) is 0.542. The standard InChI is InChI=1S/C24H32F2N3O9P/c1-13(2)35-21(32)14(3)11-39(34,38-16-8-6-5-7-9-16)37-15(4)18-19(30)24(27,12-25)22(36-18)29-10-17(26)20(31)28-23(29)33/h5-10,13-15,18-19,22,30H,11-12,27H2,1-4H3,(H,28,31,33)/t14-,15-,18-,19+,22-,24?,39-/m1/s1. The van der Waals surface area contributed by atoms with Crippen molar-refractivity contribution >= 4 is 13.6 Å². The van der Waals surface area contributed by atoms with Gasteiger partial charge in [0.15, 0.2) is 6.23 Å². The molecule has 0 bridgehead atoms. The number of hydrogen-bond donors (Lipinski definition) is 3. The van der Waals surface area contributed by atoms with Crippen LogP contribution in [0.15, 0.2) is 46.1 Å². The molecule has 12 nitrogen and oxygen atoms in total. The van der Waals surface area contributed by atoms with Crippen molar-refractivity contribution in [1.29, 1.82) is 0 Å². The van der Waals surface area contributed by atoms with Crippen LogP contribution >= 0.6 is 7.60 Å². The van der Waals surface area contributed by atoms with Crippen LogP contribution in [0.3, 0.4) is 0 Å². The maximum Gasteiger partial charge on any atom is 0.380 e. The number of nitrogens with zero attached hydrogens (tertiary/aromatic N) is 1. The Hall–Kier alpha value is -2.90. The SMILES string of the molecule is CC(C)OC(=O)[C@H](C)C[P@](=O)(Oc1ccccc1)O[C@H](C)[C@H]1O[C@@H](n2cc(F)c(=O)[nH]c2=O)C(N)(CF)[C@H]1O. The molecule has 7 atom stereocenters. The highest BCUT2D eigenvalue weighted by atomic mass is 31.2. The zero-order valence-electron chi connectivity index (χ0n) is 21.8. The first kappa shape index (κ1) is 30.6. The molecule has 1 aromatic carbocycles. The van der Waals surface area contributed by atoms with E-state index in [0.717, 1.165) is 0 Å². The number of aromatic amines is 1. The number of benzene rings is 1. The predicted molar refractivity (Wildman–Crippen MR) is 135 cm³/mol. The Labute approximate surface area is 222 Å². The number of esters is 1. The summed E-state index contributed by atoms with van der Waals surface area (Å²) in [5, 5.41) is 10.9. The Morgan fingerprint density at radius 1 is 1.26 bits per heavy atom. The summed E-state index contributed by atoms with van der Waals surface area (Å²) in [6, 6.07) is 7.98. The van der Waals surface area contributed by atoms with Gasteiger partial charge in [-0.05, 0) is 32.9 Å². The van der Waals surface area contributed by atoms with E-state index in [1.54, 1.807) is 37.0 Å². The molecule has 39 heavy (non-hydrogen) atoms. The lowest BCUT2D eigenvalue weighted by Gasteiger charge is -2.31. The first-order valence-electron chi connectivity index (χ1n) is 12.1. The maximum atomic E-state index is 14.2. The summed E-state index contributed by atoms with van der Waals surface area (Å²) in [4.78, 5) is 37.9. The molecule has 1 fully saturated rings.